The third-order valence-corrected chi connectivity index (χ3v) is 6.37. The molecule has 0 N–H and O–H groups in total. The van der Waals surface area contributed by atoms with Crippen LogP contribution in [0.4, 0.5) is 13.2 Å². The Bertz CT molecular complexity index is 615. The van der Waals surface area contributed by atoms with Crippen LogP contribution in [-0.2, 0) is 11.8 Å². The molecule has 5 heteroatoms. The summed E-state index contributed by atoms with van der Waals surface area (Å²) in [5.41, 5.74) is 2.27. The molecule has 23 heavy (non-hydrogen) atoms. The van der Waals surface area contributed by atoms with Gasteiger partial charge in [0.05, 0.1) is 7.11 Å². The smallest absolute Gasteiger partial charge is 0.460 e. The molecule has 0 aromatic heterocycles. The first-order valence-electron chi connectivity index (χ1n) is 8.46. The summed E-state index contributed by atoms with van der Waals surface area (Å²) < 4.78 is 45.8. The molecule has 0 amide bonds. The van der Waals surface area contributed by atoms with Crippen molar-refractivity contribution in [3.8, 4) is 5.75 Å². The van der Waals surface area contributed by atoms with Crippen LogP contribution in [0.5, 0.6) is 5.75 Å². The minimum atomic E-state index is -4.22. The number of piperidine rings is 1. The van der Waals surface area contributed by atoms with Crippen molar-refractivity contribution in [3.05, 3.63) is 29.3 Å². The van der Waals surface area contributed by atoms with Gasteiger partial charge >= 0.3 is 6.30 Å². The normalized spacial score (nSPS) is 33.7. The zero-order chi connectivity index (χ0) is 16.2. The van der Waals surface area contributed by atoms with E-state index in [9.17, 15) is 13.2 Å². The van der Waals surface area contributed by atoms with E-state index in [4.69, 9.17) is 4.74 Å². The van der Waals surface area contributed by atoms with Crippen LogP contribution in [0.1, 0.15) is 43.2 Å². The Labute approximate surface area is 134 Å². The van der Waals surface area contributed by atoms with E-state index in [1.54, 1.807) is 7.11 Å². The van der Waals surface area contributed by atoms with Gasteiger partial charge in [-0.1, -0.05) is 18.9 Å². The molecule has 1 heterocycles. The van der Waals surface area contributed by atoms with Crippen molar-refractivity contribution in [2.45, 2.75) is 56.3 Å². The zero-order valence-corrected chi connectivity index (χ0v) is 13.3. The molecular formula is C18H22F3NO. The highest BCUT2D eigenvalue weighted by Crippen LogP contribution is 2.57. The highest BCUT2D eigenvalue weighted by molar-refractivity contribution is 5.45. The van der Waals surface area contributed by atoms with Crippen LogP contribution in [0.3, 0.4) is 0 Å². The van der Waals surface area contributed by atoms with Gasteiger partial charge in [-0.15, -0.1) is 0 Å². The van der Waals surface area contributed by atoms with Gasteiger partial charge in [-0.05, 0) is 54.9 Å². The van der Waals surface area contributed by atoms with Gasteiger partial charge in [-0.3, -0.25) is 0 Å². The summed E-state index contributed by atoms with van der Waals surface area (Å²) in [5, 5.41) is 0. The van der Waals surface area contributed by atoms with Gasteiger partial charge in [0.2, 0.25) is 0 Å². The average molecular weight is 325 g/mol. The van der Waals surface area contributed by atoms with Crippen LogP contribution in [0.25, 0.3) is 0 Å². The minimum absolute atomic E-state index is 0.0766. The van der Waals surface area contributed by atoms with E-state index in [2.05, 4.69) is 6.07 Å². The average Bonchev–Trinajstić information content (AvgIpc) is 2.53. The number of alkyl halides is 3. The molecule has 0 unspecified atom stereocenters. The molecule has 126 valence electrons. The number of rotatable bonds is 1. The summed E-state index contributed by atoms with van der Waals surface area (Å²) in [7, 11) is 1.65. The first-order chi connectivity index (χ1) is 11.0. The van der Waals surface area contributed by atoms with E-state index in [0.717, 1.165) is 41.9 Å². The molecule has 1 aromatic rings. The Kier molecular flexibility index (Phi) is 3.42. The van der Waals surface area contributed by atoms with Crippen molar-refractivity contribution in [2.75, 3.05) is 13.7 Å². The van der Waals surface area contributed by atoms with Gasteiger partial charge < -0.3 is 4.74 Å². The highest BCUT2D eigenvalue weighted by Gasteiger charge is 2.58. The van der Waals surface area contributed by atoms with E-state index in [1.807, 2.05) is 12.1 Å². The van der Waals surface area contributed by atoms with Crippen LogP contribution in [0, 0.1) is 5.92 Å². The number of fused-ring (bicyclic) bond motifs is 1. The maximum absolute atomic E-state index is 13.5. The molecule has 3 aliphatic rings. The van der Waals surface area contributed by atoms with Gasteiger partial charge in [0.15, 0.2) is 0 Å². The Morgan fingerprint density at radius 1 is 1.22 bits per heavy atom. The van der Waals surface area contributed by atoms with E-state index in [-0.39, 0.29) is 17.9 Å². The van der Waals surface area contributed by atoms with Gasteiger partial charge in [0.1, 0.15) is 5.75 Å². The molecule has 0 radical (unpaired) electrons. The van der Waals surface area contributed by atoms with Crippen molar-refractivity contribution < 1.29 is 17.9 Å². The van der Waals surface area contributed by atoms with Crippen LogP contribution in [0.2, 0.25) is 0 Å². The van der Waals surface area contributed by atoms with Crippen molar-refractivity contribution in [1.29, 1.82) is 0 Å². The molecule has 2 nitrogen and oxygen atoms in total. The quantitative estimate of drug-likeness (QED) is 0.715. The number of benzene rings is 1. The lowest BCUT2D eigenvalue weighted by Crippen LogP contribution is -2.63. The number of nitrogens with zero attached hydrogens (tertiary/aromatic N) is 1. The Morgan fingerprint density at radius 3 is 2.78 bits per heavy atom. The van der Waals surface area contributed by atoms with Crippen molar-refractivity contribution in [1.82, 2.24) is 4.90 Å². The second-order valence-corrected chi connectivity index (χ2v) is 7.21. The topological polar surface area (TPSA) is 12.5 Å². The van der Waals surface area contributed by atoms with E-state index >= 15 is 0 Å². The van der Waals surface area contributed by atoms with Crippen molar-refractivity contribution in [2.24, 2.45) is 5.92 Å². The predicted octanol–water partition coefficient (Wildman–Crippen LogP) is 4.27. The molecule has 1 aliphatic heterocycles. The summed E-state index contributed by atoms with van der Waals surface area (Å²) in [4.78, 5) is 0.814. The summed E-state index contributed by atoms with van der Waals surface area (Å²) in [6.07, 6.45) is 0.977. The second kappa shape index (κ2) is 5.13. The standard InChI is InChI=1S/C18H22F3NO/c1-23-13-6-5-12-10-16-14-4-2-3-7-17(14,15(12)11-13)8-9-22(16)18(19,20)21/h5-6,11,14,16H,2-4,7-10H2,1H3/t14-,16+,17+/m1/s1. The molecule has 4 rings (SSSR count). The highest BCUT2D eigenvalue weighted by atomic mass is 19.4. The minimum Gasteiger partial charge on any atom is -0.497 e. The zero-order valence-electron chi connectivity index (χ0n) is 13.3. The fourth-order valence-electron chi connectivity index (χ4n) is 5.43. The Hall–Kier alpha value is -1.23. The molecule has 1 saturated carbocycles. The Morgan fingerprint density at radius 2 is 2.04 bits per heavy atom. The van der Waals surface area contributed by atoms with Crippen LogP contribution in [-0.4, -0.2) is 30.9 Å². The lowest BCUT2D eigenvalue weighted by Gasteiger charge is -2.59. The number of hydrogen-bond acceptors (Lipinski definition) is 2. The largest absolute Gasteiger partial charge is 0.497 e. The molecule has 1 saturated heterocycles. The molecular weight excluding hydrogens is 303 g/mol. The van der Waals surface area contributed by atoms with E-state index < -0.39 is 12.3 Å². The first kappa shape index (κ1) is 15.3. The van der Waals surface area contributed by atoms with Gasteiger partial charge in [-0.2, -0.15) is 13.2 Å². The van der Waals surface area contributed by atoms with Crippen LogP contribution in [0.15, 0.2) is 18.2 Å². The van der Waals surface area contributed by atoms with Crippen LogP contribution < -0.4 is 4.74 Å². The molecule has 1 aromatic carbocycles. The number of halogens is 3. The lowest BCUT2D eigenvalue weighted by atomic mass is 9.52. The van der Waals surface area contributed by atoms with E-state index in [1.165, 1.54) is 5.56 Å². The monoisotopic (exact) mass is 325 g/mol. The predicted molar refractivity (Wildman–Crippen MR) is 81.5 cm³/mol. The first-order valence-corrected chi connectivity index (χ1v) is 8.46. The number of likely N-dealkylation sites (tertiary alicyclic amines) is 1. The van der Waals surface area contributed by atoms with Gasteiger partial charge in [0, 0.05) is 18.0 Å². The molecule has 0 spiro atoms. The SMILES string of the molecule is COc1ccc2c(c1)[C@]13CCCC[C@@H]1[C@H](C2)N(C(F)(F)F)CC3. The second-order valence-electron chi connectivity index (χ2n) is 7.21. The van der Waals surface area contributed by atoms with Crippen molar-refractivity contribution >= 4 is 0 Å². The number of ether oxygens (including phenoxy) is 1. The lowest BCUT2D eigenvalue weighted by molar-refractivity contribution is -0.278. The molecule has 2 bridgehead atoms. The fourth-order valence-corrected chi connectivity index (χ4v) is 5.43. The molecule has 3 atom stereocenters. The maximum atomic E-state index is 13.5. The maximum Gasteiger partial charge on any atom is 0.460 e. The summed E-state index contributed by atoms with van der Waals surface area (Å²) >= 11 is 0. The molecule has 2 fully saturated rings. The number of methoxy groups -OCH3 is 1. The van der Waals surface area contributed by atoms with E-state index in [0.29, 0.717) is 12.8 Å². The Balaban J connectivity index is 1.84. The van der Waals surface area contributed by atoms with Crippen LogP contribution >= 0.6 is 0 Å². The summed E-state index contributed by atoms with van der Waals surface area (Å²) in [5.74, 6) is 0.936. The third kappa shape index (κ3) is 2.19. The summed E-state index contributed by atoms with van der Waals surface area (Å²) in [6, 6.07) is 5.55. The summed E-state index contributed by atoms with van der Waals surface area (Å²) in [6.45, 7) is 0.126. The van der Waals surface area contributed by atoms with Crippen molar-refractivity contribution in [3.63, 3.8) is 0 Å². The van der Waals surface area contributed by atoms with Gasteiger partial charge in [-0.25, -0.2) is 4.90 Å². The third-order valence-electron chi connectivity index (χ3n) is 6.37. The molecule has 2 aliphatic carbocycles. The number of hydrogen-bond donors (Lipinski definition) is 0. The van der Waals surface area contributed by atoms with Gasteiger partial charge in [0.25, 0.3) is 0 Å². The fraction of sp³-hybridized carbons (Fsp3) is 0.667.